The predicted octanol–water partition coefficient (Wildman–Crippen LogP) is 5.24. The summed E-state index contributed by atoms with van der Waals surface area (Å²) in [6, 6.07) is 15.6. The summed E-state index contributed by atoms with van der Waals surface area (Å²) in [5, 5.41) is 3.20. The maximum Gasteiger partial charge on any atom is 0.258 e. The second-order valence-corrected chi connectivity index (χ2v) is 6.69. The number of pyridine rings is 1. The van der Waals surface area contributed by atoms with Crippen molar-refractivity contribution in [2.45, 2.75) is 23.8 Å². The second kappa shape index (κ2) is 7.49. The number of nitrogens with zero attached hydrogens (tertiary/aromatic N) is 1. The van der Waals surface area contributed by atoms with Crippen LogP contribution in [-0.4, -0.2) is 10.9 Å². The van der Waals surface area contributed by atoms with E-state index in [1.165, 1.54) is 29.5 Å². The van der Waals surface area contributed by atoms with E-state index in [2.05, 4.69) is 16.4 Å². The van der Waals surface area contributed by atoms with Gasteiger partial charge in [-0.3, -0.25) is 4.79 Å². The largest absolute Gasteiger partial charge is 0.319 e. The summed E-state index contributed by atoms with van der Waals surface area (Å²) in [7, 11) is 0. The number of nitrogens with one attached hydrogen (secondary N) is 1. The maximum atomic E-state index is 13.8. The molecule has 3 nitrogen and oxygen atoms in total. The van der Waals surface area contributed by atoms with Gasteiger partial charge < -0.3 is 5.32 Å². The highest BCUT2D eigenvalue weighted by atomic mass is 32.2. The topological polar surface area (TPSA) is 42.0 Å². The van der Waals surface area contributed by atoms with Gasteiger partial charge in [0.15, 0.2) is 0 Å². The Morgan fingerprint density at radius 3 is 2.64 bits per heavy atom. The van der Waals surface area contributed by atoms with E-state index in [9.17, 15) is 9.18 Å². The summed E-state index contributed by atoms with van der Waals surface area (Å²) in [4.78, 5) is 17.9. The van der Waals surface area contributed by atoms with Crippen molar-refractivity contribution in [3.63, 3.8) is 0 Å². The molecule has 0 saturated heterocycles. The first-order chi connectivity index (χ1) is 12.0. The molecule has 0 radical (unpaired) electrons. The van der Waals surface area contributed by atoms with Gasteiger partial charge in [0.1, 0.15) is 10.8 Å². The normalized spacial score (nSPS) is 10.5. The van der Waals surface area contributed by atoms with E-state index < -0.39 is 5.82 Å². The zero-order valence-corrected chi connectivity index (χ0v) is 14.7. The number of rotatable bonds is 4. The quantitative estimate of drug-likeness (QED) is 0.698. The Bertz CT molecular complexity index is 927. The first-order valence-corrected chi connectivity index (χ1v) is 8.62. The first kappa shape index (κ1) is 17.2. The van der Waals surface area contributed by atoms with Crippen molar-refractivity contribution in [1.29, 1.82) is 0 Å². The Hall–Kier alpha value is -2.66. The van der Waals surface area contributed by atoms with E-state index in [1.54, 1.807) is 30.5 Å². The molecular formula is C20H17FN2OS. The highest BCUT2D eigenvalue weighted by Crippen LogP contribution is 2.32. The maximum absolute atomic E-state index is 13.8. The van der Waals surface area contributed by atoms with E-state index in [1.807, 2.05) is 26.0 Å². The lowest BCUT2D eigenvalue weighted by Gasteiger charge is -2.11. The van der Waals surface area contributed by atoms with Crippen LogP contribution in [0, 0.1) is 19.7 Å². The fourth-order valence-corrected chi connectivity index (χ4v) is 3.36. The van der Waals surface area contributed by atoms with Crippen LogP contribution >= 0.6 is 11.8 Å². The van der Waals surface area contributed by atoms with Crippen LogP contribution < -0.4 is 5.32 Å². The van der Waals surface area contributed by atoms with E-state index in [4.69, 9.17) is 0 Å². The van der Waals surface area contributed by atoms with Crippen molar-refractivity contribution >= 4 is 23.4 Å². The molecule has 3 aromatic rings. The average Bonchev–Trinajstić information content (AvgIpc) is 2.60. The van der Waals surface area contributed by atoms with Crippen LogP contribution in [0.1, 0.15) is 21.5 Å². The van der Waals surface area contributed by atoms with Crippen LogP contribution in [0.2, 0.25) is 0 Å². The smallest absolute Gasteiger partial charge is 0.258 e. The molecule has 0 atom stereocenters. The van der Waals surface area contributed by atoms with Gasteiger partial charge in [0, 0.05) is 11.1 Å². The highest BCUT2D eigenvalue weighted by Gasteiger charge is 2.15. The zero-order valence-electron chi connectivity index (χ0n) is 13.9. The van der Waals surface area contributed by atoms with Crippen molar-refractivity contribution in [2.24, 2.45) is 0 Å². The Morgan fingerprint density at radius 1 is 1.08 bits per heavy atom. The van der Waals surface area contributed by atoms with Crippen LogP contribution in [0.25, 0.3) is 0 Å². The first-order valence-electron chi connectivity index (χ1n) is 7.80. The van der Waals surface area contributed by atoms with Gasteiger partial charge in [-0.25, -0.2) is 9.37 Å². The molecule has 1 heterocycles. The zero-order chi connectivity index (χ0) is 17.8. The summed E-state index contributed by atoms with van der Waals surface area (Å²) < 4.78 is 13.8. The number of carbonyl (C=O) groups excluding carboxylic acids is 1. The Kier molecular flexibility index (Phi) is 5.14. The van der Waals surface area contributed by atoms with Gasteiger partial charge in [-0.15, -0.1) is 0 Å². The fourth-order valence-electron chi connectivity index (χ4n) is 2.42. The molecular weight excluding hydrogens is 335 g/mol. The van der Waals surface area contributed by atoms with Crippen LogP contribution in [0.4, 0.5) is 10.1 Å². The number of hydrogen-bond acceptors (Lipinski definition) is 3. The third kappa shape index (κ3) is 4.06. The van der Waals surface area contributed by atoms with Crippen LogP contribution in [0.15, 0.2) is 70.7 Å². The Balaban J connectivity index is 1.88. The number of halogens is 1. The van der Waals surface area contributed by atoms with E-state index in [0.29, 0.717) is 10.6 Å². The van der Waals surface area contributed by atoms with Gasteiger partial charge in [-0.1, -0.05) is 41.6 Å². The average molecular weight is 352 g/mol. The van der Waals surface area contributed by atoms with Gasteiger partial charge in [0.25, 0.3) is 5.91 Å². The van der Waals surface area contributed by atoms with E-state index in [-0.39, 0.29) is 11.6 Å². The third-order valence-electron chi connectivity index (χ3n) is 3.67. The monoisotopic (exact) mass is 352 g/mol. The number of hydrogen-bond donors (Lipinski definition) is 1. The fraction of sp³-hybridized carbons (Fsp3) is 0.100. The molecule has 0 saturated carbocycles. The lowest BCUT2D eigenvalue weighted by molar-refractivity contribution is 0.102. The van der Waals surface area contributed by atoms with Gasteiger partial charge in [0.2, 0.25) is 0 Å². The molecule has 1 N–H and O–H groups in total. The number of carbonyl (C=O) groups is 1. The van der Waals surface area contributed by atoms with Gasteiger partial charge in [-0.2, -0.15) is 0 Å². The van der Waals surface area contributed by atoms with Crippen molar-refractivity contribution in [2.75, 3.05) is 5.32 Å². The SMILES string of the molecule is Cc1ccc(Sc2ncccc2C(=O)Nc2ccccc2F)c(C)c1. The third-order valence-corrected chi connectivity index (χ3v) is 4.87. The molecule has 25 heavy (non-hydrogen) atoms. The summed E-state index contributed by atoms with van der Waals surface area (Å²) >= 11 is 1.43. The number of aryl methyl sites for hydroxylation is 2. The summed E-state index contributed by atoms with van der Waals surface area (Å²) in [5.41, 5.74) is 2.87. The summed E-state index contributed by atoms with van der Waals surface area (Å²) in [6.45, 7) is 4.06. The van der Waals surface area contributed by atoms with Crippen LogP contribution in [-0.2, 0) is 0 Å². The van der Waals surface area contributed by atoms with Crippen molar-refractivity contribution < 1.29 is 9.18 Å². The number of benzene rings is 2. The van der Waals surface area contributed by atoms with Gasteiger partial charge >= 0.3 is 0 Å². The lowest BCUT2D eigenvalue weighted by Crippen LogP contribution is -2.14. The Morgan fingerprint density at radius 2 is 1.88 bits per heavy atom. The van der Waals surface area contributed by atoms with Crippen molar-refractivity contribution in [3.05, 3.63) is 83.3 Å². The molecule has 0 unspecified atom stereocenters. The van der Waals surface area contributed by atoms with Crippen molar-refractivity contribution in [1.82, 2.24) is 4.98 Å². The number of anilines is 1. The minimum atomic E-state index is -0.469. The molecule has 1 amide bonds. The number of amides is 1. The Labute approximate surface area is 150 Å². The summed E-state index contributed by atoms with van der Waals surface area (Å²) in [5.74, 6) is -0.853. The summed E-state index contributed by atoms with van der Waals surface area (Å²) in [6.07, 6.45) is 1.64. The molecule has 1 aromatic heterocycles. The molecule has 0 spiro atoms. The molecule has 0 fully saturated rings. The molecule has 3 rings (SSSR count). The predicted molar refractivity (Wildman–Crippen MR) is 98.6 cm³/mol. The van der Waals surface area contributed by atoms with E-state index in [0.717, 1.165) is 10.5 Å². The van der Waals surface area contributed by atoms with Gasteiger partial charge in [0.05, 0.1) is 11.3 Å². The van der Waals surface area contributed by atoms with Crippen LogP contribution in [0.3, 0.4) is 0 Å². The number of aromatic nitrogens is 1. The van der Waals surface area contributed by atoms with Crippen molar-refractivity contribution in [3.8, 4) is 0 Å². The molecule has 126 valence electrons. The van der Waals surface area contributed by atoms with E-state index >= 15 is 0 Å². The minimum Gasteiger partial charge on any atom is -0.319 e. The lowest BCUT2D eigenvalue weighted by atomic mass is 10.2. The van der Waals surface area contributed by atoms with Crippen LogP contribution in [0.5, 0.6) is 0 Å². The second-order valence-electron chi connectivity index (χ2n) is 5.66. The standard InChI is InChI=1S/C20H17FN2OS/c1-13-9-10-18(14(2)12-13)25-20-15(6-5-11-22-20)19(24)23-17-8-4-3-7-16(17)21/h3-12H,1-2H3,(H,23,24). The molecule has 0 aliphatic carbocycles. The molecule has 0 aliphatic heterocycles. The van der Waals surface area contributed by atoms with Gasteiger partial charge in [-0.05, 0) is 49.7 Å². The molecule has 0 aliphatic rings. The minimum absolute atomic E-state index is 0.152. The molecule has 2 aromatic carbocycles. The highest BCUT2D eigenvalue weighted by molar-refractivity contribution is 7.99. The molecule has 0 bridgehead atoms. The number of para-hydroxylation sites is 1. The molecule has 5 heteroatoms.